The highest BCUT2D eigenvalue weighted by molar-refractivity contribution is 6.29. The minimum absolute atomic E-state index is 0.158. The van der Waals surface area contributed by atoms with Crippen molar-refractivity contribution in [2.24, 2.45) is 5.41 Å². The molecular weight excluding hydrogens is 236 g/mol. The lowest BCUT2D eigenvalue weighted by Gasteiger charge is -2.52. The molecule has 1 aliphatic carbocycles. The Morgan fingerprint density at radius 1 is 1.59 bits per heavy atom. The van der Waals surface area contributed by atoms with Gasteiger partial charge in [-0.15, -0.1) is 0 Å². The van der Waals surface area contributed by atoms with Crippen molar-refractivity contribution in [2.45, 2.75) is 39.3 Å². The Bertz CT molecular complexity index is 395. The molecule has 94 valence electrons. The van der Waals surface area contributed by atoms with Crippen LogP contribution >= 0.6 is 11.6 Å². The van der Waals surface area contributed by atoms with E-state index >= 15 is 0 Å². The van der Waals surface area contributed by atoms with Gasteiger partial charge in [-0.05, 0) is 25.5 Å². The van der Waals surface area contributed by atoms with E-state index in [1.165, 1.54) is 0 Å². The summed E-state index contributed by atoms with van der Waals surface area (Å²) in [6, 6.07) is 4.22. The fourth-order valence-corrected chi connectivity index (χ4v) is 2.48. The number of hydrogen-bond donors (Lipinski definition) is 1. The van der Waals surface area contributed by atoms with Crippen molar-refractivity contribution in [1.82, 2.24) is 4.98 Å². The molecule has 1 aromatic rings. The largest absolute Gasteiger partial charge is 0.381 e. The van der Waals surface area contributed by atoms with Crippen LogP contribution in [0.15, 0.2) is 18.3 Å². The number of nitrogens with zero attached hydrogens (tertiary/aromatic N) is 1. The number of halogens is 1. The first-order valence-corrected chi connectivity index (χ1v) is 6.41. The average Bonchev–Trinajstić information content (AvgIpc) is 2.28. The van der Waals surface area contributed by atoms with E-state index in [0.717, 1.165) is 18.7 Å². The summed E-state index contributed by atoms with van der Waals surface area (Å²) >= 11 is 5.86. The van der Waals surface area contributed by atoms with Gasteiger partial charge >= 0.3 is 0 Å². The predicted octanol–water partition coefficient (Wildman–Crippen LogP) is 3.35. The Kier molecular flexibility index (Phi) is 3.59. The molecule has 1 aliphatic rings. The fraction of sp³-hybridized carbons (Fsp3) is 0.615. The summed E-state index contributed by atoms with van der Waals surface area (Å²) in [6.07, 6.45) is 3.11. The fourth-order valence-electron chi connectivity index (χ4n) is 2.31. The average molecular weight is 255 g/mol. The molecular formula is C13H19ClN2O. The molecule has 0 bridgehead atoms. The van der Waals surface area contributed by atoms with Gasteiger partial charge in [-0.2, -0.15) is 0 Å². The summed E-state index contributed by atoms with van der Waals surface area (Å²) < 4.78 is 5.71. The molecule has 0 spiro atoms. The normalized spacial score (nSPS) is 26.4. The van der Waals surface area contributed by atoms with Gasteiger partial charge in [0.15, 0.2) is 0 Å². The maximum atomic E-state index is 5.86. The smallest absolute Gasteiger partial charge is 0.131 e. The number of anilines is 1. The van der Waals surface area contributed by atoms with Crippen LogP contribution in [-0.4, -0.2) is 23.7 Å². The van der Waals surface area contributed by atoms with Crippen LogP contribution < -0.4 is 5.32 Å². The number of pyridine rings is 1. The van der Waals surface area contributed by atoms with Crippen molar-refractivity contribution in [3.8, 4) is 0 Å². The number of rotatable bonds is 4. The van der Waals surface area contributed by atoms with Crippen LogP contribution in [0.25, 0.3) is 0 Å². The minimum Gasteiger partial charge on any atom is -0.381 e. The molecule has 1 fully saturated rings. The second-order valence-electron chi connectivity index (χ2n) is 5.07. The van der Waals surface area contributed by atoms with Gasteiger partial charge in [0.1, 0.15) is 5.15 Å². The SMILES string of the molecule is CCOC1CC(Nc2ccnc(Cl)c2)C1(C)C. The zero-order chi connectivity index (χ0) is 12.5. The van der Waals surface area contributed by atoms with Crippen molar-refractivity contribution >= 4 is 17.3 Å². The summed E-state index contributed by atoms with van der Waals surface area (Å²) in [7, 11) is 0. The molecule has 1 heterocycles. The van der Waals surface area contributed by atoms with Gasteiger partial charge in [0.2, 0.25) is 0 Å². The molecule has 4 heteroatoms. The van der Waals surface area contributed by atoms with E-state index in [4.69, 9.17) is 16.3 Å². The van der Waals surface area contributed by atoms with Crippen molar-refractivity contribution in [1.29, 1.82) is 0 Å². The van der Waals surface area contributed by atoms with E-state index in [1.807, 2.05) is 19.1 Å². The lowest BCUT2D eigenvalue weighted by atomic mass is 9.64. The second-order valence-corrected chi connectivity index (χ2v) is 5.45. The lowest BCUT2D eigenvalue weighted by Crippen LogP contribution is -2.58. The van der Waals surface area contributed by atoms with E-state index in [9.17, 15) is 0 Å². The van der Waals surface area contributed by atoms with Gasteiger partial charge in [0.25, 0.3) is 0 Å². The van der Waals surface area contributed by atoms with E-state index in [0.29, 0.717) is 17.3 Å². The summed E-state index contributed by atoms with van der Waals surface area (Å²) in [5.74, 6) is 0. The summed E-state index contributed by atoms with van der Waals surface area (Å²) in [4.78, 5) is 3.97. The summed E-state index contributed by atoms with van der Waals surface area (Å²) in [5, 5.41) is 4.02. The van der Waals surface area contributed by atoms with Crippen LogP contribution in [0.3, 0.4) is 0 Å². The van der Waals surface area contributed by atoms with Gasteiger partial charge in [0, 0.05) is 29.9 Å². The summed E-state index contributed by atoms with van der Waals surface area (Å²) in [5.41, 5.74) is 1.18. The van der Waals surface area contributed by atoms with Crippen molar-refractivity contribution in [3.63, 3.8) is 0 Å². The molecule has 2 rings (SSSR count). The molecule has 0 aliphatic heterocycles. The van der Waals surface area contributed by atoms with Gasteiger partial charge in [-0.25, -0.2) is 4.98 Å². The number of ether oxygens (including phenoxy) is 1. The topological polar surface area (TPSA) is 34.1 Å². The lowest BCUT2D eigenvalue weighted by molar-refractivity contribution is -0.0975. The number of aromatic nitrogens is 1. The first kappa shape index (κ1) is 12.7. The van der Waals surface area contributed by atoms with E-state index < -0.39 is 0 Å². The number of nitrogens with one attached hydrogen (secondary N) is 1. The molecule has 17 heavy (non-hydrogen) atoms. The van der Waals surface area contributed by atoms with Gasteiger partial charge in [-0.1, -0.05) is 25.4 Å². The van der Waals surface area contributed by atoms with E-state index in [1.54, 1.807) is 6.20 Å². The Labute approximate surface area is 108 Å². The van der Waals surface area contributed by atoms with Gasteiger partial charge in [0.05, 0.1) is 6.10 Å². The Morgan fingerprint density at radius 3 is 2.94 bits per heavy atom. The molecule has 1 aromatic heterocycles. The molecule has 1 N–H and O–H groups in total. The standard InChI is InChI=1S/C13H19ClN2O/c1-4-17-11-8-10(13(11,2)3)16-9-5-6-15-12(14)7-9/h5-7,10-11H,4,8H2,1-3H3,(H,15,16). The van der Waals surface area contributed by atoms with Gasteiger partial charge in [-0.3, -0.25) is 0 Å². The summed E-state index contributed by atoms with van der Waals surface area (Å²) in [6.45, 7) is 7.29. The van der Waals surface area contributed by atoms with Crippen molar-refractivity contribution in [2.75, 3.05) is 11.9 Å². The van der Waals surface area contributed by atoms with Crippen LogP contribution in [0.1, 0.15) is 27.2 Å². The molecule has 2 unspecified atom stereocenters. The molecule has 3 nitrogen and oxygen atoms in total. The minimum atomic E-state index is 0.158. The number of hydrogen-bond acceptors (Lipinski definition) is 3. The van der Waals surface area contributed by atoms with Crippen LogP contribution in [0.2, 0.25) is 5.15 Å². The Balaban J connectivity index is 1.98. The zero-order valence-corrected chi connectivity index (χ0v) is 11.3. The van der Waals surface area contributed by atoms with Crippen LogP contribution in [0, 0.1) is 5.41 Å². The zero-order valence-electron chi connectivity index (χ0n) is 10.5. The predicted molar refractivity (Wildman–Crippen MR) is 70.5 cm³/mol. The Hall–Kier alpha value is -0.800. The Morgan fingerprint density at radius 2 is 2.35 bits per heavy atom. The molecule has 0 radical (unpaired) electrons. The molecule has 0 amide bonds. The monoisotopic (exact) mass is 254 g/mol. The highest BCUT2D eigenvalue weighted by Crippen LogP contribution is 2.44. The first-order valence-electron chi connectivity index (χ1n) is 6.03. The second kappa shape index (κ2) is 4.83. The third-order valence-electron chi connectivity index (χ3n) is 3.61. The van der Waals surface area contributed by atoms with Crippen LogP contribution in [0.5, 0.6) is 0 Å². The van der Waals surface area contributed by atoms with Crippen LogP contribution in [-0.2, 0) is 4.74 Å². The molecule has 2 atom stereocenters. The third-order valence-corrected chi connectivity index (χ3v) is 3.82. The quantitative estimate of drug-likeness (QED) is 0.837. The third kappa shape index (κ3) is 2.55. The maximum absolute atomic E-state index is 5.86. The highest BCUT2D eigenvalue weighted by Gasteiger charge is 2.48. The molecule has 1 saturated carbocycles. The molecule has 0 saturated heterocycles. The van der Waals surface area contributed by atoms with Crippen molar-refractivity contribution in [3.05, 3.63) is 23.5 Å². The van der Waals surface area contributed by atoms with E-state index in [-0.39, 0.29) is 5.41 Å². The maximum Gasteiger partial charge on any atom is 0.131 e. The van der Waals surface area contributed by atoms with E-state index in [2.05, 4.69) is 24.1 Å². The molecule has 0 aromatic carbocycles. The van der Waals surface area contributed by atoms with Crippen LogP contribution in [0.4, 0.5) is 5.69 Å². The highest BCUT2D eigenvalue weighted by atomic mass is 35.5. The first-order chi connectivity index (χ1) is 8.04. The van der Waals surface area contributed by atoms with Gasteiger partial charge < -0.3 is 10.1 Å². The van der Waals surface area contributed by atoms with Crippen molar-refractivity contribution < 1.29 is 4.74 Å².